The number of hydrogen-bond acceptors (Lipinski definition) is 3. The summed E-state index contributed by atoms with van der Waals surface area (Å²) < 4.78 is 12.0. The smallest absolute Gasteiger partial charge is 0.123 e. The van der Waals surface area contributed by atoms with E-state index in [1.807, 2.05) is 23.6 Å². The van der Waals surface area contributed by atoms with Crippen LogP contribution in [-0.4, -0.2) is 23.8 Å². The van der Waals surface area contributed by atoms with Crippen LogP contribution in [0.25, 0.3) is 12.7 Å². The van der Waals surface area contributed by atoms with E-state index in [1.54, 1.807) is 20.5 Å². The van der Waals surface area contributed by atoms with E-state index in [0.717, 1.165) is 16.5 Å². The van der Waals surface area contributed by atoms with E-state index in [4.69, 9.17) is 9.47 Å². The fourth-order valence-corrected chi connectivity index (χ4v) is 1.13. The van der Waals surface area contributed by atoms with Crippen LogP contribution in [0, 0.1) is 0 Å². The van der Waals surface area contributed by atoms with Crippen LogP contribution in [0.5, 0.6) is 0 Å². The van der Waals surface area contributed by atoms with Crippen LogP contribution in [-0.2, 0) is 16.2 Å². The molecule has 15 heavy (non-hydrogen) atoms. The highest BCUT2D eigenvalue weighted by Crippen LogP contribution is 1.91. The zero-order valence-corrected chi connectivity index (χ0v) is 9.36. The number of aromatic nitrogens is 2. The molecule has 0 spiro atoms. The molecule has 0 unspecified atom stereocenters. The summed E-state index contributed by atoms with van der Waals surface area (Å²) >= 11 is 0. The van der Waals surface area contributed by atoms with Gasteiger partial charge in [-0.1, -0.05) is 6.58 Å². The van der Waals surface area contributed by atoms with Gasteiger partial charge in [-0.25, -0.2) is 4.98 Å². The van der Waals surface area contributed by atoms with E-state index in [1.165, 1.54) is 0 Å². The van der Waals surface area contributed by atoms with E-state index < -0.39 is 0 Å². The number of methoxy groups -OCH3 is 2. The molecule has 0 N–H and O–H groups in total. The van der Waals surface area contributed by atoms with Gasteiger partial charge in [-0.2, -0.15) is 0 Å². The molecule has 82 valence electrons. The number of rotatable bonds is 4. The Hall–Kier alpha value is -1.55. The third-order valence-corrected chi connectivity index (χ3v) is 2.02. The number of allylic oxidation sites excluding steroid dienone is 2. The van der Waals surface area contributed by atoms with Gasteiger partial charge in [0.1, 0.15) is 6.73 Å². The second-order valence-electron chi connectivity index (χ2n) is 3.11. The Balaban J connectivity index is 3.11. The molecule has 1 aromatic heterocycles. The van der Waals surface area contributed by atoms with Crippen molar-refractivity contribution in [3.8, 4) is 0 Å². The molecule has 0 amide bonds. The lowest BCUT2D eigenvalue weighted by molar-refractivity contribution is 0.129. The van der Waals surface area contributed by atoms with Crippen molar-refractivity contribution >= 4 is 12.7 Å². The van der Waals surface area contributed by atoms with Gasteiger partial charge in [-0.3, -0.25) is 0 Å². The van der Waals surface area contributed by atoms with Crippen LogP contribution in [0.15, 0.2) is 18.2 Å². The molecule has 0 saturated carbocycles. The van der Waals surface area contributed by atoms with E-state index in [2.05, 4.69) is 11.6 Å². The average molecular weight is 208 g/mol. The first-order valence-corrected chi connectivity index (χ1v) is 4.60. The van der Waals surface area contributed by atoms with Crippen molar-refractivity contribution in [1.29, 1.82) is 0 Å². The van der Waals surface area contributed by atoms with E-state index in [-0.39, 0.29) is 0 Å². The minimum atomic E-state index is 0.466. The van der Waals surface area contributed by atoms with Gasteiger partial charge in [0.25, 0.3) is 0 Å². The molecule has 0 fully saturated rings. The van der Waals surface area contributed by atoms with Crippen molar-refractivity contribution in [1.82, 2.24) is 9.55 Å². The first kappa shape index (κ1) is 11.5. The van der Waals surface area contributed by atoms with Crippen molar-refractivity contribution in [2.45, 2.75) is 13.7 Å². The lowest BCUT2D eigenvalue weighted by Crippen LogP contribution is -2.29. The Bertz CT molecular complexity index is 446. The Morgan fingerprint density at radius 3 is 2.93 bits per heavy atom. The normalized spacial score (nSPS) is 13.3. The van der Waals surface area contributed by atoms with Gasteiger partial charge in [-0.05, 0) is 19.1 Å². The highest BCUT2D eigenvalue weighted by Gasteiger charge is 1.93. The van der Waals surface area contributed by atoms with Crippen LogP contribution in [0.3, 0.4) is 0 Å². The summed E-state index contributed by atoms with van der Waals surface area (Å²) in [7, 11) is 3.28. The topological polar surface area (TPSA) is 36.3 Å². The third kappa shape index (κ3) is 2.95. The van der Waals surface area contributed by atoms with Crippen LogP contribution in [0.1, 0.15) is 6.92 Å². The summed E-state index contributed by atoms with van der Waals surface area (Å²) in [5.74, 6) is 0.833. The van der Waals surface area contributed by atoms with Crippen LogP contribution >= 0.6 is 0 Å². The highest BCUT2D eigenvalue weighted by atomic mass is 16.5. The Morgan fingerprint density at radius 2 is 2.33 bits per heavy atom. The molecule has 0 bridgehead atoms. The molecule has 4 heteroatoms. The third-order valence-electron chi connectivity index (χ3n) is 2.02. The van der Waals surface area contributed by atoms with Gasteiger partial charge in [0.05, 0.1) is 29.9 Å². The highest BCUT2D eigenvalue weighted by molar-refractivity contribution is 5.35. The quantitative estimate of drug-likeness (QED) is 0.664. The van der Waals surface area contributed by atoms with Gasteiger partial charge in [0.2, 0.25) is 0 Å². The van der Waals surface area contributed by atoms with Crippen LogP contribution in [0.4, 0.5) is 0 Å². The molecule has 4 nitrogen and oxygen atoms in total. The maximum Gasteiger partial charge on any atom is 0.123 e. The fourth-order valence-electron chi connectivity index (χ4n) is 1.13. The van der Waals surface area contributed by atoms with Crippen molar-refractivity contribution < 1.29 is 9.47 Å². The van der Waals surface area contributed by atoms with E-state index >= 15 is 0 Å². The number of nitrogens with zero attached hydrogens (tertiary/aromatic N) is 2. The van der Waals surface area contributed by atoms with Crippen molar-refractivity contribution in [2.75, 3.05) is 14.2 Å². The maximum absolute atomic E-state index is 5.04. The van der Waals surface area contributed by atoms with Crippen molar-refractivity contribution in [2.24, 2.45) is 0 Å². The van der Waals surface area contributed by atoms with Gasteiger partial charge in [-0.15, -0.1) is 0 Å². The van der Waals surface area contributed by atoms with Crippen LogP contribution in [0.2, 0.25) is 0 Å². The molecular weight excluding hydrogens is 192 g/mol. The SMILES string of the molecule is C=c1ncn(COC)/c1=C/C=C(\C)OC. The summed E-state index contributed by atoms with van der Waals surface area (Å²) in [5.41, 5.74) is 0. The molecule has 1 heterocycles. The molecular formula is C11H16N2O2. The van der Waals surface area contributed by atoms with Gasteiger partial charge in [0.15, 0.2) is 0 Å². The molecule has 1 rings (SSSR count). The Labute approximate surface area is 89.1 Å². The summed E-state index contributed by atoms with van der Waals surface area (Å²) in [4.78, 5) is 4.11. The minimum Gasteiger partial charge on any atom is -0.501 e. The molecule has 0 atom stereocenters. The second kappa shape index (κ2) is 5.36. The molecule has 0 aliphatic rings. The molecule has 0 radical (unpaired) electrons. The van der Waals surface area contributed by atoms with Crippen LogP contribution < -0.4 is 10.7 Å². The van der Waals surface area contributed by atoms with Gasteiger partial charge >= 0.3 is 0 Å². The first-order chi connectivity index (χ1) is 7.19. The van der Waals surface area contributed by atoms with Gasteiger partial charge < -0.3 is 14.0 Å². The fraction of sp³-hybridized carbons (Fsp3) is 0.364. The minimum absolute atomic E-state index is 0.466. The average Bonchev–Trinajstić information content (AvgIpc) is 2.57. The summed E-state index contributed by atoms with van der Waals surface area (Å²) in [6.07, 6.45) is 5.48. The Morgan fingerprint density at radius 1 is 1.60 bits per heavy atom. The second-order valence-corrected chi connectivity index (χ2v) is 3.11. The van der Waals surface area contributed by atoms with Crippen molar-refractivity contribution in [3.05, 3.63) is 28.9 Å². The van der Waals surface area contributed by atoms with Gasteiger partial charge in [0, 0.05) is 7.11 Å². The number of imidazole rings is 1. The zero-order valence-electron chi connectivity index (χ0n) is 9.36. The maximum atomic E-state index is 5.04. The van der Waals surface area contributed by atoms with Crippen molar-refractivity contribution in [3.63, 3.8) is 0 Å². The monoisotopic (exact) mass is 208 g/mol. The molecule has 0 aromatic carbocycles. The Kier molecular flexibility index (Phi) is 4.12. The molecule has 0 aliphatic carbocycles. The predicted molar refractivity (Wildman–Crippen MR) is 59.2 cm³/mol. The molecule has 0 saturated heterocycles. The number of hydrogen-bond donors (Lipinski definition) is 0. The standard InChI is InChI=1S/C11H16N2O2/c1-9(15-4)5-6-11-10(2)12-7-13(11)8-14-3/h5-7H,2,8H2,1,3-4H3/b9-5+,11-6+. The molecule has 0 aliphatic heterocycles. The summed E-state index contributed by atoms with van der Waals surface area (Å²) in [6.45, 7) is 6.19. The zero-order chi connectivity index (χ0) is 11.3. The molecule has 1 aromatic rings. The lowest BCUT2D eigenvalue weighted by Gasteiger charge is -1.99. The predicted octanol–water partition coefficient (Wildman–Crippen LogP) is 0.228. The lowest BCUT2D eigenvalue weighted by atomic mass is 10.4. The first-order valence-electron chi connectivity index (χ1n) is 4.60. The summed E-state index contributed by atoms with van der Waals surface area (Å²) in [6, 6.07) is 0. The van der Waals surface area contributed by atoms with E-state index in [9.17, 15) is 0 Å². The largest absolute Gasteiger partial charge is 0.501 e. The van der Waals surface area contributed by atoms with E-state index in [0.29, 0.717) is 6.73 Å². The number of ether oxygens (including phenoxy) is 2. The summed E-state index contributed by atoms with van der Waals surface area (Å²) in [5, 5.41) is 1.65.